The third-order valence-electron chi connectivity index (χ3n) is 11.7. The Balaban J connectivity index is 1.48. The molecule has 0 amide bonds. The zero-order chi connectivity index (χ0) is 23.9. The Bertz CT molecular complexity index is 645. The van der Waals surface area contributed by atoms with E-state index < -0.39 is 4.33 Å². The first-order valence-corrected chi connectivity index (χ1v) is 15.8. The number of ether oxygens (including phenoxy) is 2. The Morgan fingerprint density at radius 2 is 1.09 bits per heavy atom. The predicted octanol–water partition coefficient (Wildman–Crippen LogP) is 9.25. The van der Waals surface area contributed by atoms with Crippen molar-refractivity contribution >= 4 is 23.2 Å². The van der Waals surface area contributed by atoms with Crippen molar-refractivity contribution in [1.82, 2.24) is 0 Å². The predicted molar refractivity (Wildman–Crippen MR) is 143 cm³/mol. The van der Waals surface area contributed by atoms with Gasteiger partial charge < -0.3 is 9.47 Å². The Labute approximate surface area is 219 Å². The number of hydrogen-bond donors (Lipinski definition) is 0. The van der Waals surface area contributed by atoms with Crippen molar-refractivity contribution in [2.75, 3.05) is 13.2 Å². The van der Waals surface area contributed by atoms with Gasteiger partial charge in [-0.05, 0) is 115 Å². The minimum Gasteiger partial charge on any atom is -0.379 e. The first-order valence-electron chi connectivity index (χ1n) is 15.1. The van der Waals surface area contributed by atoms with Gasteiger partial charge in [0.25, 0.3) is 0 Å². The van der Waals surface area contributed by atoms with Gasteiger partial charge in [-0.15, -0.1) is 23.2 Å². The fraction of sp³-hybridized carbons (Fsp3) is 1.00. The average molecular weight is 514 g/mol. The van der Waals surface area contributed by atoms with Crippen molar-refractivity contribution < 1.29 is 9.47 Å². The number of hydrogen-bond acceptors (Lipinski definition) is 2. The Kier molecular flexibility index (Phi) is 7.94. The van der Waals surface area contributed by atoms with Crippen LogP contribution in [-0.2, 0) is 9.47 Å². The molecule has 0 aromatic carbocycles. The summed E-state index contributed by atoms with van der Waals surface area (Å²) in [5.41, 5.74) is 0.610. The lowest BCUT2D eigenvalue weighted by Gasteiger charge is -2.77. The molecule has 1 atom stereocenters. The van der Waals surface area contributed by atoms with Crippen LogP contribution in [0.3, 0.4) is 0 Å². The molecule has 0 unspecified atom stereocenters. The smallest absolute Gasteiger partial charge is 0.130 e. The molecule has 5 aliphatic rings. The van der Waals surface area contributed by atoms with E-state index in [1.54, 1.807) is 0 Å². The number of rotatable bonds is 6. The highest BCUT2D eigenvalue weighted by Crippen LogP contribution is 2.83. The molecule has 0 aliphatic heterocycles. The van der Waals surface area contributed by atoms with Gasteiger partial charge >= 0.3 is 0 Å². The summed E-state index contributed by atoms with van der Waals surface area (Å²) < 4.78 is 11.6. The van der Waals surface area contributed by atoms with Crippen molar-refractivity contribution in [3.05, 3.63) is 0 Å². The van der Waals surface area contributed by atoms with Gasteiger partial charge in [-0.3, -0.25) is 0 Å². The minimum atomic E-state index is -0.547. The molecule has 4 heteroatoms. The zero-order valence-electron chi connectivity index (χ0n) is 22.0. The van der Waals surface area contributed by atoms with Crippen molar-refractivity contribution in [1.29, 1.82) is 0 Å². The van der Waals surface area contributed by atoms with Crippen molar-refractivity contribution in [2.24, 2.45) is 28.1 Å². The standard InChI is InChI=1S/C30H50Cl2O2/c1-3-33-25-14-10-23(11-15-25)29(24-12-16-26(17-13-24)34-4-2)21-9-8-20-28(29)22-27(30(28,31)32)18-6-5-7-19-27/h23-26H,3-22H2,1-2H3/t23?,24?,25?,26?,28-,29?/m0/s1. The summed E-state index contributed by atoms with van der Waals surface area (Å²) in [6, 6.07) is 0. The van der Waals surface area contributed by atoms with Crippen LogP contribution in [0.15, 0.2) is 0 Å². The number of halogens is 2. The highest BCUT2D eigenvalue weighted by molar-refractivity contribution is 6.50. The summed E-state index contributed by atoms with van der Waals surface area (Å²) >= 11 is 15.5. The molecule has 0 saturated heterocycles. The van der Waals surface area contributed by atoms with Crippen molar-refractivity contribution in [3.63, 3.8) is 0 Å². The molecule has 0 heterocycles. The molecule has 5 fully saturated rings. The SMILES string of the molecule is CCOC1CCC(C2(C3CCC(OCC)CC3)CCCC[C@]23CC2(CCCCC2)C3(Cl)Cl)CC1. The Morgan fingerprint density at radius 3 is 1.56 bits per heavy atom. The topological polar surface area (TPSA) is 18.5 Å². The lowest BCUT2D eigenvalue weighted by Crippen LogP contribution is -2.75. The summed E-state index contributed by atoms with van der Waals surface area (Å²) in [6.45, 7) is 5.99. The van der Waals surface area contributed by atoms with Gasteiger partial charge in [-0.1, -0.05) is 32.1 Å². The molecule has 196 valence electrons. The fourth-order valence-electron chi connectivity index (χ4n) is 10.4. The lowest BCUT2D eigenvalue weighted by molar-refractivity contribution is -0.238. The van der Waals surface area contributed by atoms with E-state index in [0.717, 1.165) is 25.0 Å². The van der Waals surface area contributed by atoms with Crippen LogP contribution in [0.1, 0.15) is 129 Å². The van der Waals surface area contributed by atoms with Crippen LogP contribution in [0.4, 0.5) is 0 Å². The summed E-state index contributed by atoms with van der Waals surface area (Å²) in [5.74, 6) is 1.52. The molecule has 34 heavy (non-hydrogen) atoms. The van der Waals surface area contributed by atoms with Crippen LogP contribution >= 0.6 is 23.2 Å². The van der Waals surface area contributed by atoms with Gasteiger partial charge in [0.2, 0.25) is 0 Å². The van der Waals surface area contributed by atoms with Gasteiger partial charge in [0.05, 0.1) is 12.2 Å². The van der Waals surface area contributed by atoms with Crippen LogP contribution in [-0.4, -0.2) is 29.8 Å². The first-order chi connectivity index (χ1) is 16.4. The third-order valence-corrected chi connectivity index (χ3v) is 13.2. The monoisotopic (exact) mass is 512 g/mol. The summed E-state index contributed by atoms with van der Waals surface area (Å²) in [6.07, 6.45) is 24.3. The highest BCUT2D eigenvalue weighted by atomic mass is 35.5. The molecule has 2 nitrogen and oxygen atoms in total. The van der Waals surface area contributed by atoms with Crippen LogP contribution < -0.4 is 0 Å². The number of alkyl halides is 2. The fourth-order valence-corrected chi connectivity index (χ4v) is 11.6. The van der Waals surface area contributed by atoms with E-state index in [1.165, 1.54) is 116 Å². The largest absolute Gasteiger partial charge is 0.379 e. The molecular weight excluding hydrogens is 463 g/mol. The molecule has 0 N–H and O–H groups in total. The van der Waals surface area contributed by atoms with Crippen LogP contribution in [0.5, 0.6) is 0 Å². The van der Waals surface area contributed by atoms with E-state index >= 15 is 0 Å². The van der Waals surface area contributed by atoms with Crippen LogP contribution in [0, 0.1) is 28.1 Å². The van der Waals surface area contributed by atoms with Gasteiger partial charge in [0, 0.05) is 24.0 Å². The van der Waals surface area contributed by atoms with Crippen molar-refractivity contribution in [2.45, 2.75) is 146 Å². The van der Waals surface area contributed by atoms with E-state index in [0.29, 0.717) is 17.6 Å². The van der Waals surface area contributed by atoms with Crippen LogP contribution in [0.2, 0.25) is 0 Å². The molecule has 0 bridgehead atoms. The molecule has 5 aliphatic carbocycles. The first kappa shape index (κ1) is 26.1. The minimum absolute atomic E-state index is 0.116. The molecule has 0 aromatic rings. The molecule has 5 rings (SSSR count). The molecule has 0 aromatic heterocycles. The van der Waals surface area contributed by atoms with E-state index in [9.17, 15) is 0 Å². The lowest BCUT2D eigenvalue weighted by atomic mass is 9.32. The second-order valence-electron chi connectivity index (χ2n) is 12.8. The van der Waals surface area contributed by atoms with Gasteiger partial charge in [-0.25, -0.2) is 0 Å². The van der Waals surface area contributed by atoms with Crippen LogP contribution in [0.25, 0.3) is 0 Å². The third kappa shape index (κ3) is 3.94. The summed E-state index contributed by atoms with van der Waals surface area (Å²) in [5, 5.41) is 0. The zero-order valence-corrected chi connectivity index (χ0v) is 23.5. The maximum absolute atomic E-state index is 7.77. The average Bonchev–Trinajstić information content (AvgIpc) is 2.86. The normalized spacial score (nSPS) is 44.1. The van der Waals surface area contributed by atoms with Gasteiger partial charge in [0.15, 0.2) is 0 Å². The van der Waals surface area contributed by atoms with Gasteiger partial charge in [0.1, 0.15) is 4.33 Å². The maximum Gasteiger partial charge on any atom is 0.130 e. The van der Waals surface area contributed by atoms with E-state index in [-0.39, 0.29) is 10.8 Å². The Hall–Kier alpha value is 0.500. The molecular formula is C30H50Cl2O2. The molecule has 2 spiro atoms. The summed E-state index contributed by atoms with van der Waals surface area (Å²) in [7, 11) is 0. The molecule has 0 radical (unpaired) electrons. The van der Waals surface area contributed by atoms with E-state index in [1.807, 2.05) is 0 Å². The van der Waals surface area contributed by atoms with E-state index in [2.05, 4.69) is 13.8 Å². The molecule has 5 saturated carbocycles. The van der Waals surface area contributed by atoms with Crippen molar-refractivity contribution in [3.8, 4) is 0 Å². The van der Waals surface area contributed by atoms with Gasteiger partial charge in [-0.2, -0.15) is 0 Å². The second-order valence-corrected chi connectivity index (χ2v) is 14.1. The summed E-state index contributed by atoms with van der Waals surface area (Å²) in [4.78, 5) is 0. The Morgan fingerprint density at radius 1 is 0.618 bits per heavy atom. The second kappa shape index (κ2) is 10.3. The highest BCUT2D eigenvalue weighted by Gasteiger charge is 2.79. The van der Waals surface area contributed by atoms with E-state index in [4.69, 9.17) is 32.7 Å². The quantitative estimate of drug-likeness (QED) is 0.330. The maximum atomic E-state index is 7.77.